The first-order valence-electron chi connectivity index (χ1n) is 9.28. The van der Waals surface area contributed by atoms with Gasteiger partial charge >= 0.3 is 0 Å². The summed E-state index contributed by atoms with van der Waals surface area (Å²) in [5.41, 5.74) is 5.39. The van der Waals surface area contributed by atoms with Crippen LogP contribution in [-0.2, 0) is 9.59 Å². The zero-order valence-electron chi connectivity index (χ0n) is 15.7. The van der Waals surface area contributed by atoms with Crippen LogP contribution in [-0.4, -0.2) is 42.5 Å². The summed E-state index contributed by atoms with van der Waals surface area (Å²) in [7, 11) is 0. The predicted molar refractivity (Wildman–Crippen MR) is 106 cm³/mol. The molecule has 3 rings (SSSR count). The van der Waals surface area contributed by atoms with Crippen molar-refractivity contribution in [3.05, 3.63) is 59.4 Å². The number of rotatable bonds is 7. The van der Waals surface area contributed by atoms with E-state index in [2.05, 4.69) is 0 Å². The van der Waals surface area contributed by atoms with Gasteiger partial charge < -0.3 is 20.1 Å². The molecule has 8 heteroatoms. The van der Waals surface area contributed by atoms with E-state index >= 15 is 0 Å². The molecule has 1 aliphatic rings. The second-order valence-electron chi connectivity index (χ2n) is 6.89. The number of primary amides is 1. The Kier molecular flexibility index (Phi) is 6.93. The van der Waals surface area contributed by atoms with Gasteiger partial charge in [0.05, 0.1) is 0 Å². The number of piperidine rings is 1. The Morgan fingerprint density at radius 3 is 2.72 bits per heavy atom. The minimum atomic E-state index is -0.527. The number of para-hydroxylation sites is 1. The molecule has 0 bridgehead atoms. The van der Waals surface area contributed by atoms with Crippen molar-refractivity contribution in [3.8, 4) is 11.5 Å². The lowest BCUT2D eigenvalue weighted by atomic mass is 9.91. The molecule has 0 radical (unpaired) electrons. The van der Waals surface area contributed by atoms with Crippen LogP contribution >= 0.6 is 11.6 Å². The quantitative estimate of drug-likeness (QED) is 0.746. The maximum atomic E-state index is 13.6. The highest BCUT2D eigenvalue weighted by Crippen LogP contribution is 2.27. The number of benzene rings is 2. The van der Waals surface area contributed by atoms with Crippen LogP contribution in [0.15, 0.2) is 48.5 Å². The summed E-state index contributed by atoms with van der Waals surface area (Å²) >= 11 is 6.00. The summed E-state index contributed by atoms with van der Waals surface area (Å²) in [6.07, 6.45) is 0.330. The summed E-state index contributed by atoms with van der Waals surface area (Å²) in [5.74, 6) is -0.929. The summed E-state index contributed by atoms with van der Waals surface area (Å²) in [6.45, 7) is 0.442. The topological polar surface area (TPSA) is 81.9 Å². The van der Waals surface area contributed by atoms with Gasteiger partial charge in [0, 0.05) is 36.9 Å². The number of carbonyl (C=O) groups is 2. The second-order valence-corrected chi connectivity index (χ2v) is 7.33. The Balaban J connectivity index is 1.62. The molecule has 2 aromatic carbocycles. The van der Waals surface area contributed by atoms with E-state index in [0.29, 0.717) is 30.3 Å². The summed E-state index contributed by atoms with van der Waals surface area (Å²) in [6, 6.07) is 12.9. The molecule has 6 nitrogen and oxygen atoms in total. The lowest BCUT2D eigenvalue weighted by molar-refractivity contribution is -0.138. The molecule has 2 aromatic rings. The van der Waals surface area contributed by atoms with Gasteiger partial charge in [0.1, 0.15) is 11.9 Å². The van der Waals surface area contributed by atoms with Crippen molar-refractivity contribution in [2.24, 2.45) is 11.7 Å². The number of ether oxygens (including phenoxy) is 2. The van der Waals surface area contributed by atoms with E-state index in [1.165, 1.54) is 12.1 Å². The molecule has 0 spiro atoms. The van der Waals surface area contributed by atoms with E-state index in [0.717, 1.165) is 0 Å². The molecule has 2 amide bonds. The predicted octanol–water partition coefficient (Wildman–Crippen LogP) is 3.03. The normalized spacial score (nSPS) is 18.9. The van der Waals surface area contributed by atoms with Gasteiger partial charge in [-0.1, -0.05) is 29.8 Å². The molecule has 2 atom stereocenters. The van der Waals surface area contributed by atoms with Gasteiger partial charge in [-0.3, -0.25) is 9.59 Å². The minimum absolute atomic E-state index is 0.0220. The Bertz CT molecular complexity index is 879. The van der Waals surface area contributed by atoms with E-state index in [1.807, 2.05) is 0 Å². The van der Waals surface area contributed by atoms with E-state index in [9.17, 15) is 14.0 Å². The Morgan fingerprint density at radius 2 is 2.00 bits per heavy atom. The highest BCUT2D eigenvalue weighted by Gasteiger charge is 2.34. The number of nitrogens with zero attached hydrogens (tertiary/aromatic N) is 1. The molecule has 0 aliphatic carbocycles. The number of hydrogen-bond donors (Lipinski definition) is 1. The number of amides is 2. The lowest BCUT2D eigenvalue weighted by Crippen LogP contribution is -2.50. The molecule has 1 fully saturated rings. The summed E-state index contributed by atoms with van der Waals surface area (Å²) in [4.78, 5) is 25.6. The van der Waals surface area contributed by atoms with E-state index in [4.69, 9.17) is 26.8 Å². The van der Waals surface area contributed by atoms with Crippen LogP contribution in [0, 0.1) is 11.7 Å². The second kappa shape index (κ2) is 9.60. The smallest absolute Gasteiger partial charge is 0.260 e. The third kappa shape index (κ3) is 5.84. The van der Waals surface area contributed by atoms with Gasteiger partial charge in [-0.2, -0.15) is 0 Å². The van der Waals surface area contributed by atoms with Crippen molar-refractivity contribution >= 4 is 23.4 Å². The third-order valence-electron chi connectivity index (χ3n) is 4.75. The maximum Gasteiger partial charge on any atom is 0.260 e. The van der Waals surface area contributed by atoms with Gasteiger partial charge in [-0.15, -0.1) is 0 Å². The average molecular weight is 421 g/mol. The number of nitrogens with two attached hydrogens (primary N) is 1. The Labute approximate surface area is 173 Å². The van der Waals surface area contributed by atoms with Crippen molar-refractivity contribution in [1.82, 2.24) is 4.90 Å². The van der Waals surface area contributed by atoms with Crippen molar-refractivity contribution in [2.45, 2.75) is 18.9 Å². The van der Waals surface area contributed by atoms with Crippen LogP contribution in [0.25, 0.3) is 0 Å². The molecule has 1 heterocycles. The van der Waals surface area contributed by atoms with E-state index < -0.39 is 11.7 Å². The number of halogens is 2. The van der Waals surface area contributed by atoms with Gasteiger partial charge in [0.15, 0.2) is 18.2 Å². The van der Waals surface area contributed by atoms with Crippen molar-refractivity contribution in [1.29, 1.82) is 0 Å². The van der Waals surface area contributed by atoms with Gasteiger partial charge in [0.25, 0.3) is 5.91 Å². The number of hydrogen-bond acceptors (Lipinski definition) is 4. The number of likely N-dealkylation sites (tertiary alicyclic amines) is 1. The van der Waals surface area contributed by atoms with Crippen LogP contribution in [0.4, 0.5) is 4.39 Å². The Morgan fingerprint density at radius 1 is 1.21 bits per heavy atom. The standard InChI is InChI=1S/C21H22ClFN2O4/c22-15-4-3-5-16(11-15)29-18-8-9-25(12-14(18)10-20(24)26)21(27)13-28-19-7-2-1-6-17(19)23/h1-7,11,14,18H,8-10,12-13H2,(H2,24,26)/t14-,18-/m0/s1. The van der Waals surface area contributed by atoms with Crippen LogP contribution in [0.3, 0.4) is 0 Å². The zero-order chi connectivity index (χ0) is 20.8. The first-order valence-corrected chi connectivity index (χ1v) is 9.66. The van der Waals surface area contributed by atoms with Gasteiger partial charge in [-0.25, -0.2) is 4.39 Å². The minimum Gasteiger partial charge on any atom is -0.490 e. The first-order chi connectivity index (χ1) is 13.9. The first kappa shape index (κ1) is 20.9. The largest absolute Gasteiger partial charge is 0.490 e. The zero-order valence-corrected chi connectivity index (χ0v) is 16.5. The lowest BCUT2D eigenvalue weighted by Gasteiger charge is -2.38. The molecule has 154 valence electrons. The van der Waals surface area contributed by atoms with Crippen LogP contribution in [0.2, 0.25) is 5.02 Å². The van der Waals surface area contributed by atoms with Crippen LogP contribution in [0.1, 0.15) is 12.8 Å². The highest BCUT2D eigenvalue weighted by molar-refractivity contribution is 6.30. The molecule has 2 N–H and O–H groups in total. The fourth-order valence-corrected chi connectivity index (χ4v) is 3.53. The highest BCUT2D eigenvalue weighted by atomic mass is 35.5. The molecule has 0 aromatic heterocycles. The molecule has 0 unspecified atom stereocenters. The Hall–Kier alpha value is -2.80. The van der Waals surface area contributed by atoms with Gasteiger partial charge in [0.2, 0.25) is 5.91 Å². The SMILES string of the molecule is NC(=O)C[C@H]1CN(C(=O)COc2ccccc2F)CC[C@@H]1Oc1cccc(Cl)c1. The monoisotopic (exact) mass is 420 g/mol. The molecule has 0 saturated carbocycles. The van der Waals surface area contributed by atoms with Crippen molar-refractivity contribution < 1.29 is 23.5 Å². The molecule has 1 saturated heterocycles. The van der Waals surface area contributed by atoms with Gasteiger partial charge in [-0.05, 0) is 30.3 Å². The van der Waals surface area contributed by atoms with Crippen LogP contribution < -0.4 is 15.2 Å². The van der Waals surface area contributed by atoms with E-state index in [-0.39, 0.29) is 36.7 Å². The fourth-order valence-electron chi connectivity index (χ4n) is 3.35. The number of carbonyl (C=O) groups excluding carboxylic acids is 2. The van der Waals surface area contributed by atoms with Crippen molar-refractivity contribution in [3.63, 3.8) is 0 Å². The average Bonchev–Trinajstić information content (AvgIpc) is 2.68. The summed E-state index contributed by atoms with van der Waals surface area (Å²) in [5, 5.41) is 0.548. The third-order valence-corrected chi connectivity index (χ3v) is 4.99. The molecular weight excluding hydrogens is 399 g/mol. The molecule has 29 heavy (non-hydrogen) atoms. The summed E-state index contributed by atoms with van der Waals surface area (Å²) < 4.78 is 25.0. The van der Waals surface area contributed by atoms with E-state index in [1.54, 1.807) is 41.3 Å². The fraction of sp³-hybridized carbons (Fsp3) is 0.333. The maximum absolute atomic E-state index is 13.6. The molecule has 1 aliphatic heterocycles. The van der Waals surface area contributed by atoms with Crippen molar-refractivity contribution in [2.75, 3.05) is 19.7 Å². The van der Waals surface area contributed by atoms with Crippen LogP contribution in [0.5, 0.6) is 11.5 Å². The molecular formula is C21H22ClFN2O4.